The Morgan fingerprint density at radius 3 is 2.39 bits per heavy atom. The normalized spacial score (nSPS) is 23.6. The highest BCUT2D eigenvalue weighted by molar-refractivity contribution is 6.23. The van der Waals surface area contributed by atoms with Gasteiger partial charge in [0.1, 0.15) is 6.54 Å². The maximum absolute atomic E-state index is 12.8. The van der Waals surface area contributed by atoms with Crippen LogP contribution in [0, 0.1) is 0 Å². The van der Waals surface area contributed by atoms with E-state index in [1.54, 1.807) is 18.9 Å². The molecule has 10 nitrogen and oxygen atoms in total. The van der Waals surface area contributed by atoms with E-state index in [0.717, 1.165) is 10.7 Å². The van der Waals surface area contributed by atoms with E-state index in [1.165, 1.54) is 11.9 Å². The summed E-state index contributed by atoms with van der Waals surface area (Å²) in [6.07, 6.45) is -0.278. The fourth-order valence-corrected chi connectivity index (χ4v) is 3.83. The van der Waals surface area contributed by atoms with Crippen LogP contribution in [0.3, 0.4) is 0 Å². The lowest BCUT2D eigenvalue weighted by atomic mass is 10.1. The minimum Gasteiger partial charge on any atom is -0.450 e. The van der Waals surface area contributed by atoms with Gasteiger partial charge in [-0.2, -0.15) is 0 Å². The van der Waals surface area contributed by atoms with Crippen molar-refractivity contribution in [3.05, 3.63) is 0 Å². The van der Waals surface area contributed by atoms with Crippen molar-refractivity contribution in [2.45, 2.75) is 32.9 Å². The first-order valence-electron chi connectivity index (χ1n) is 9.68. The van der Waals surface area contributed by atoms with Gasteiger partial charge in [0.15, 0.2) is 0 Å². The van der Waals surface area contributed by atoms with Crippen LogP contribution >= 0.6 is 0 Å². The molecule has 4 amide bonds. The van der Waals surface area contributed by atoms with Gasteiger partial charge in [0.05, 0.1) is 12.6 Å². The number of piperazine rings is 1. The summed E-state index contributed by atoms with van der Waals surface area (Å²) in [6.45, 7) is 9.34. The van der Waals surface area contributed by atoms with E-state index in [0.29, 0.717) is 45.2 Å². The van der Waals surface area contributed by atoms with Crippen LogP contribution in [0.2, 0.25) is 0 Å². The topological polar surface area (TPSA) is 88.8 Å². The molecule has 0 saturated carbocycles. The van der Waals surface area contributed by atoms with Crippen LogP contribution in [0.5, 0.6) is 0 Å². The van der Waals surface area contributed by atoms with Crippen LogP contribution in [0.25, 0.3) is 0 Å². The number of carbonyl (C=O) groups is 3. The number of aliphatic imine (C=N–C) groups is 1. The SMILES string of the molecule is CCOC(=O)N1CCN(CC2=[N+](C(C)C)C3C(=O)N(C)C(=O)N(C)C3=N2)CC1. The Morgan fingerprint density at radius 1 is 1.18 bits per heavy atom. The Bertz CT molecular complexity index is 738. The van der Waals surface area contributed by atoms with Gasteiger partial charge in [-0.05, 0) is 25.8 Å². The number of fused-ring (bicyclic) bond motifs is 1. The second-order valence-electron chi connectivity index (χ2n) is 7.49. The number of hydrogen-bond acceptors (Lipinski definition) is 6. The molecule has 1 unspecified atom stereocenters. The Kier molecular flexibility index (Phi) is 5.69. The summed E-state index contributed by atoms with van der Waals surface area (Å²) in [5.74, 6) is 1.02. The number of nitrogens with zero attached hydrogens (tertiary/aromatic N) is 6. The smallest absolute Gasteiger partial charge is 0.409 e. The predicted octanol–water partition coefficient (Wildman–Crippen LogP) is -0.116. The number of rotatable bonds is 4. The third-order valence-corrected chi connectivity index (χ3v) is 5.37. The van der Waals surface area contributed by atoms with Crippen molar-refractivity contribution in [1.82, 2.24) is 19.6 Å². The molecule has 0 aromatic carbocycles. The Labute approximate surface area is 165 Å². The summed E-state index contributed by atoms with van der Waals surface area (Å²) in [4.78, 5) is 48.1. The lowest BCUT2D eigenvalue weighted by Gasteiger charge is -2.33. The number of ether oxygens (including phenoxy) is 1. The van der Waals surface area contributed by atoms with Crippen molar-refractivity contribution >= 4 is 29.7 Å². The maximum Gasteiger partial charge on any atom is 0.409 e. The Balaban J connectivity index is 1.76. The molecule has 2 fully saturated rings. The molecule has 2 saturated heterocycles. The zero-order valence-electron chi connectivity index (χ0n) is 17.2. The third-order valence-electron chi connectivity index (χ3n) is 5.37. The molecule has 3 aliphatic heterocycles. The van der Waals surface area contributed by atoms with E-state index < -0.39 is 6.04 Å². The van der Waals surface area contributed by atoms with E-state index >= 15 is 0 Å². The molecule has 3 aliphatic rings. The average molecular weight is 393 g/mol. The van der Waals surface area contributed by atoms with E-state index in [4.69, 9.17) is 4.74 Å². The third kappa shape index (κ3) is 3.48. The standard InChI is InChI=1S/C18H29N6O4/c1-6-28-18(27)23-9-7-22(8-10-23)11-13-19-15-14(24(13)12(2)3)16(25)21(5)17(26)20(15)4/h12,14H,6-11H2,1-5H3/q+1. The molecule has 3 heterocycles. The van der Waals surface area contributed by atoms with Gasteiger partial charge in [-0.25, -0.2) is 14.2 Å². The van der Waals surface area contributed by atoms with Crippen molar-refractivity contribution < 1.29 is 23.7 Å². The van der Waals surface area contributed by atoms with Crippen molar-refractivity contribution in [3.63, 3.8) is 0 Å². The Morgan fingerprint density at radius 2 is 1.82 bits per heavy atom. The molecule has 10 heteroatoms. The highest BCUT2D eigenvalue weighted by Crippen LogP contribution is 2.21. The van der Waals surface area contributed by atoms with Gasteiger partial charge in [0, 0.05) is 40.3 Å². The van der Waals surface area contributed by atoms with Gasteiger partial charge >= 0.3 is 18.0 Å². The lowest BCUT2D eigenvalue weighted by molar-refractivity contribution is -0.566. The zero-order chi connectivity index (χ0) is 20.6. The number of carbonyl (C=O) groups excluding carboxylic acids is 3. The molecule has 0 aromatic heterocycles. The van der Waals surface area contributed by atoms with Crippen LogP contribution in [-0.2, 0) is 9.53 Å². The monoisotopic (exact) mass is 393 g/mol. The maximum atomic E-state index is 12.8. The number of hydrogen-bond donors (Lipinski definition) is 0. The van der Waals surface area contributed by atoms with Gasteiger partial charge in [-0.1, -0.05) is 0 Å². The van der Waals surface area contributed by atoms with Crippen molar-refractivity contribution in [2.24, 2.45) is 4.99 Å². The van der Waals surface area contributed by atoms with E-state index in [2.05, 4.69) is 9.89 Å². The molecule has 0 spiro atoms. The summed E-state index contributed by atoms with van der Waals surface area (Å²) < 4.78 is 7.05. The molecule has 1 atom stereocenters. The van der Waals surface area contributed by atoms with Crippen molar-refractivity contribution in [3.8, 4) is 0 Å². The first kappa shape index (κ1) is 20.2. The lowest BCUT2D eigenvalue weighted by Crippen LogP contribution is -2.62. The fraction of sp³-hybridized carbons (Fsp3) is 0.722. The molecule has 3 rings (SSSR count). The van der Waals surface area contributed by atoms with E-state index in [9.17, 15) is 14.4 Å². The first-order chi connectivity index (χ1) is 13.3. The highest BCUT2D eigenvalue weighted by atomic mass is 16.6. The van der Waals surface area contributed by atoms with Gasteiger partial charge in [0.25, 0.3) is 17.8 Å². The van der Waals surface area contributed by atoms with E-state index in [-0.39, 0.29) is 24.1 Å². The van der Waals surface area contributed by atoms with Crippen LogP contribution < -0.4 is 0 Å². The number of amides is 4. The number of amidine groups is 2. The van der Waals surface area contributed by atoms with Crippen LogP contribution in [0.1, 0.15) is 20.8 Å². The second kappa shape index (κ2) is 7.86. The average Bonchev–Trinajstić information content (AvgIpc) is 3.05. The van der Waals surface area contributed by atoms with Gasteiger partial charge in [-0.3, -0.25) is 19.5 Å². The molecule has 0 aliphatic carbocycles. The molecule has 0 aromatic rings. The number of likely N-dealkylation sites (N-methyl/N-ethyl adjacent to an activating group) is 2. The van der Waals surface area contributed by atoms with E-state index in [1.807, 2.05) is 18.4 Å². The van der Waals surface area contributed by atoms with Gasteiger partial charge in [-0.15, -0.1) is 0 Å². The molecule has 154 valence electrons. The number of imide groups is 1. The summed E-state index contributed by atoms with van der Waals surface area (Å²) >= 11 is 0. The fourth-order valence-electron chi connectivity index (χ4n) is 3.83. The Hall–Kier alpha value is -2.49. The number of urea groups is 1. The zero-order valence-corrected chi connectivity index (χ0v) is 17.2. The molecular weight excluding hydrogens is 364 g/mol. The largest absolute Gasteiger partial charge is 0.450 e. The molecule has 0 radical (unpaired) electrons. The van der Waals surface area contributed by atoms with Gasteiger partial charge in [0.2, 0.25) is 0 Å². The van der Waals surface area contributed by atoms with Crippen molar-refractivity contribution in [2.75, 3.05) is 53.4 Å². The summed E-state index contributed by atoms with van der Waals surface area (Å²) in [5, 5.41) is 0. The predicted molar refractivity (Wildman–Crippen MR) is 103 cm³/mol. The minimum atomic E-state index is -0.566. The first-order valence-corrected chi connectivity index (χ1v) is 9.68. The van der Waals surface area contributed by atoms with Crippen LogP contribution in [0.4, 0.5) is 9.59 Å². The molecular formula is C18H29N6O4+. The molecule has 28 heavy (non-hydrogen) atoms. The van der Waals surface area contributed by atoms with Crippen LogP contribution in [0.15, 0.2) is 4.99 Å². The van der Waals surface area contributed by atoms with Crippen LogP contribution in [-0.4, -0.2) is 119 Å². The molecule has 0 N–H and O–H groups in total. The highest BCUT2D eigenvalue weighted by Gasteiger charge is 2.53. The minimum absolute atomic E-state index is 0.0565. The molecule has 0 bridgehead atoms. The second-order valence-corrected chi connectivity index (χ2v) is 7.49. The van der Waals surface area contributed by atoms with Crippen molar-refractivity contribution in [1.29, 1.82) is 0 Å². The quantitative estimate of drug-likeness (QED) is 0.622. The summed E-state index contributed by atoms with van der Waals surface area (Å²) in [7, 11) is 3.15. The summed E-state index contributed by atoms with van der Waals surface area (Å²) in [6, 6.07) is -0.877. The summed E-state index contributed by atoms with van der Waals surface area (Å²) in [5.41, 5.74) is 0. The van der Waals surface area contributed by atoms with Gasteiger partial charge < -0.3 is 9.64 Å².